The molecule has 0 aromatic rings. The van der Waals surface area contributed by atoms with E-state index >= 15 is 0 Å². The van der Waals surface area contributed by atoms with Gasteiger partial charge in [-0.1, -0.05) is 13.8 Å². The molecule has 0 radical (unpaired) electrons. The maximum atomic E-state index is 5.76. The predicted octanol–water partition coefficient (Wildman–Crippen LogP) is 2.89. The lowest BCUT2D eigenvalue weighted by Crippen LogP contribution is -2.25. The minimum absolute atomic E-state index is 0.359. The maximum Gasteiger partial charge on any atom is 0.0102 e. The lowest BCUT2D eigenvalue weighted by Gasteiger charge is -2.31. The van der Waals surface area contributed by atoms with E-state index in [-0.39, 0.29) is 0 Å². The van der Waals surface area contributed by atoms with Gasteiger partial charge in [0.25, 0.3) is 0 Å². The van der Waals surface area contributed by atoms with Crippen LogP contribution in [-0.2, 0) is 0 Å². The van der Waals surface area contributed by atoms with Crippen LogP contribution in [0.1, 0.15) is 40.0 Å². The van der Waals surface area contributed by atoms with E-state index in [1.165, 1.54) is 19.3 Å². The summed E-state index contributed by atoms with van der Waals surface area (Å²) in [5.74, 6) is 2.98. The first-order valence-electron chi connectivity index (χ1n) is 5.45. The Hall–Kier alpha value is 0.310. The SMILES string of the molecule is CC(N)CSC1CC(C)CC(C)C1. The molecule has 1 fully saturated rings. The first kappa shape index (κ1) is 11.4. The number of rotatable bonds is 3. The van der Waals surface area contributed by atoms with Crippen LogP contribution in [0.5, 0.6) is 0 Å². The summed E-state index contributed by atoms with van der Waals surface area (Å²) in [5.41, 5.74) is 5.76. The van der Waals surface area contributed by atoms with Crippen molar-refractivity contribution in [2.24, 2.45) is 17.6 Å². The van der Waals surface area contributed by atoms with Crippen molar-refractivity contribution >= 4 is 11.8 Å². The van der Waals surface area contributed by atoms with Gasteiger partial charge in [0.1, 0.15) is 0 Å². The molecule has 13 heavy (non-hydrogen) atoms. The van der Waals surface area contributed by atoms with Crippen LogP contribution < -0.4 is 5.73 Å². The van der Waals surface area contributed by atoms with Crippen molar-refractivity contribution < 1.29 is 0 Å². The molecule has 1 saturated carbocycles. The van der Waals surface area contributed by atoms with Gasteiger partial charge in [0.05, 0.1) is 0 Å². The zero-order chi connectivity index (χ0) is 9.84. The quantitative estimate of drug-likeness (QED) is 0.760. The second-order valence-corrected chi connectivity index (χ2v) is 6.18. The van der Waals surface area contributed by atoms with Gasteiger partial charge in [-0.2, -0.15) is 11.8 Å². The van der Waals surface area contributed by atoms with Crippen LogP contribution in [0.15, 0.2) is 0 Å². The fourth-order valence-electron chi connectivity index (χ4n) is 2.30. The summed E-state index contributed by atoms with van der Waals surface area (Å²) in [7, 11) is 0. The third-order valence-electron chi connectivity index (χ3n) is 2.73. The molecule has 2 heteroatoms. The summed E-state index contributed by atoms with van der Waals surface area (Å²) in [6, 6.07) is 0.359. The summed E-state index contributed by atoms with van der Waals surface area (Å²) in [6.07, 6.45) is 4.23. The molecule has 0 aliphatic heterocycles. The van der Waals surface area contributed by atoms with Crippen molar-refractivity contribution in [3.63, 3.8) is 0 Å². The molecule has 3 unspecified atom stereocenters. The normalized spacial score (nSPS) is 37.4. The second kappa shape index (κ2) is 5.26. The molecule has 0 aromatic carbocycles. The zero-order valence-electron chi connectivity index (χ0n) is 9.12. The highest BCUT2D eigenvalue weighted by Crippen LogP contribution is 2.35. The Morgan fingerprint density at radius 1 is 1.23 bits per heavy atom. The molecule has 0 amide bonds. The third-order valence-corrected chi connectivity index (χ3v) is 4.30. The monoisotopic (exact) mass is 201 g/mol. The Labute approximate surface area is 86.8 Å². The summed E-state index contributed by atoms with van der Waals surface area (Å²) in [6.45, 7) is 6.87. The molecule has 0 bridgehead atoms. The zero-order valence-corrected chi connectivity index (χ0v) is 9.94. The van der Waals surface area contributed by atoms with E-state index < -0.39 is 0 Å². The standard InChI is InChI=1S/C11H23NS/c1-8-4-9(2)6-11(5-8)13-7-10(3)12/h8-11H,4-7,12H2,1-3H3. The first-order valence-corrected chi connectivity index (χ1v) is 6.50. The average molecular weight is 201 g/mol. The van der Waals surface area contributed by atoms with Crippen molar-refractivity contribution in [2.45, 2.75) is 51.3 Å². The van der Waals surface area contributed by atoms with Crippen LogP contribution in [0.2, 0.25) is 0 Å². The van der Waals surface area contributed by atoms with Gasteiger partial charge in [-0.25, -0.2) is 0 Å². The Morgan fingerprint density at radius 2 is 1.77 bits per heavy atom. The maximum absolute atomic E-state index is 5.76. The predicted molar refractivity (Wildman–Crippen MR) is 62.1 cm³/mol. The van der Waals surface area contributed by atoms with E-state index in [1.807, 2.05) is 0 Å². The Bertz CT molecular complexity index is 137. The molecule has 2 N–H and O–H groups in total. The van der Waals surface area contributed by atoms with Crippen molar-refractivity contribution in [3.05, 3.63) is 0 Å². The van der Waals surface area contributed by atoms with Gasteiger partial charge in [-0.05, 0) is 38.0 Å². The Kier molecular flexibility index (Phi) is 4.60. The van der Waals surface area contributed by atoms with Crippen molar-refractivity contribution in [1.82, 2.24) is 0 Å². The molecule has 1 aliphatic carbocycles. The third kappa shape index (κ3) is 4.37. The summed E-state index contributed by atoms with van der Waals surface area (Å²) in [4.78, 5) is 0. The fraction of sp³-hybridized carbons (Fsp3) is 1.00. The highest BCUT2D eigenvalue weighted by molar-refractivity contribution is 7.99. The van der Waals surface area contributed by atoms with Crippen LogP contribution in [0.25, 0.3) is 0 Å². The van der Waals surface area contributed by atoms with Gasteiger partial charge >= 0.3 is 0 Å². The number of hydrogen-bond donors (Lipinski definition) is 1. The lowest BCUT2D eigenvalue weighted by atomic mass is 9.83. The van der Waals surface area contributed by atoms with Crippen LogP contribution in [0, 0.1) is 11.8 Å². The number of thioether (sulfide) groups is 1. The van der Waals surface area contributed by atoms with Crippen molar-refractivity contribution in [2.75, 3.05) is 5.75 Å². The first-order chi connectivity index (χ1) is 6.08. The van der Waals surface area contributed by atoms with Gasteiger partial charge in [0.2, 0.25) is 0 Å². The summed E-state index contributed by atoms with van der Waals surface area (Å²) < 4.78 is 0. The van der Waals surface area contributed by atoms with E-state index in [2.05, 4.69) is 32.5 Å². The molecule has 0 saturated heterocycles. The molecule has 3 atom stereocenters. The summed E-state index contributed by atoms with van der Waals surface area (Å²) in [5, 5.41) is 0.879. The molecule has 0 heterocycles. The van der Waals surface area contributed by atoms with Gasteiger partial charge in [-0.15, -0.1) is 0 Å². The smallest absolute Gasteiger partial charge is 0.0102 e. The Morgan fingerprint density at radius 3 is 2.23 bits per heavy atom. The van der Waals surface area contributed by atoms with Gasteiger partial charge < -0.3 is 5.73 Å². The molecular formula is C11H23NS. The van der Waals surface area contributed by atoms with E-state index in [0.29, 0.717) is 6.04 Å². The minimum Gasteiger partial charge on any atom is -0.327 e. The van der Waals surface area contributed by atoms with Crippen LogP contribution in [-0.4, -0.2) is 17.0 Å². The molecule has 0 aromatic heterocycles. The average Bonchev–Trinajstić information content (AvgIpc) is 1.99. The molecule has 78 valence electrons. The van der Waals surface area contributed by atoms with E-state index in [9.17, 15) is 0 Å². The highest BCUT2D eigenvalue weighted by Gasteiger charge is 2.23. The van der Waals surface area contributed by atoms with E-state index in [1.54, 1.807) is 0 Å². The van der Waals surface area contributed by atoms with Gasteiger partial charge in [0, 0.05) is 17.0 Å². The number of hydrogen-bond acceptors (Lipinski definition) is 2. The lowest BCUT2D eigenvalue weighted by molar-refractivity contribution is 0.309. The van der Waals surface area contributed by atoms with Crippen molar-refractivity contribution in [1.29, 1.82) is 0 Å². The topological polar surface area (TPSA) is 26.0 Å². The largest absolute Gasteiger partial charge is 0.327 e. The molecule has 0 spiro atoms. The fourth-order valence-corrected chi connectivity index (χ4v) is 3.80. The molecular weight excluding hydrogens is 178 g/mol. The van der Waals surface area contributed by atoms with Crippen LogP contribution in [0.3, 0.4) is 0 Å². The second-order valence-electron chi connectivity index (χ2n) is 4.85. The van der Waals surface area contributed by atoms with E-state index in [0.717, 1.165) is 22.8 Å². The minimum atomic E-state index is 0.359. The van der Waals surface area contributed by atoms with E-state index in [4.69, 9.17) is 5.73 Å². The van der Waals surface area contributed by atoms with Crippen LogP contribution >= 0.6 is 11.8 Å². The van der Waals surface area contributed by atoms with Gasteiger partial charge in [-0.3, -0.25) is 0 Å². The molecule has 1 aliphatic rings. The molecule has 1 nitrogen and oxygen atoms in total. The Balaban J connectivity index is 2.25. The van der Waals surface area contributed by atoms with Crippen molar-refractivity contribution in [3.8, 4) is 0 Å². The number of nitrogens with two attached hydrogens (primary N) is 1. The van der Waals surface area contributed by atoms with Crippen LogP contribution in [0.4, 0.5) is 0 Å². The van der Waals surface area contributed by atoms with Gasteiger partial charge in [0.15, 0.2) is 0 Å². The molecule has 1 rings (SSSR count). The summed E-state index contributed by atoms with van der Waals surface area (Å²) >= 11 is 2.09. The highest BCUT2D eigenvalue weighted by atomic mass is 32.2.